The summed E-state index contributed by atoms with van der Waals surface area (Å²) in [6.45, 7) is 6.40. The van der Waals surface area contributed by atoms with E-state index in [9.17, 15) is 9.90 Å². The van der Waals surface area contributed by atoms with Crippen LogP contribution >= 0.6 is 0 Å². The summed E-state index contributed by atoms with van der Waals surface area (Å²) in [5.41, 5.74) is 2.23. The molecule has 4 nitrogen and oxygen atoms in total. The molecule has 0 saturated heterocycles. The minimum absolute atomic E-state index is 0.0256. The van der Waals surface area contributed by atoms with Crippen molar-refractivity contribution >= 4 is 22.7 Å². The fourth-order valence-electron chi connectivity index (χ4n) is 2.13. The minimum atomic E-state index is -0.954. The predicted octanol–water partition coefficient (Wildman–Crippen LogP) is 3.30. The average Bonchev–Trinajstić information content (AvgIpc) is 2.35. The summed E-state index contributed by atoms with van der Waals surface area (Å²) < 4.78 is 0. The van der Waals surface area contributed by atoms with Crippen molar-refractivity contribution in [2.45, 2.75) is 26.2 Å². The lowest BCUT2D eigenvalue weighted by Gasteiger charge is -2.20. The van der Waals surface area contributed by atoms with Crippen LogP contribution in [0.2, 0.25) is 0 Å². The number of hydrogen-bond acceptors (Lipinski definition) is 3. The van der Waals surface area contributed by atoms with E-state index in [1.807, 2.05) is 12.1 Å². The fraction of sp³-hybridized carbons (Fsp3) is 0.375. The molecule has 0 amide bonds. The Kier molecular flexibility index (Phi) is 3.42. The van der Waals surface area contributed by atoms with Gasteiger partial charge in [0.2, 0.25) is 0 Å². The van der Waals surface area contributed by atoms with Crippen molar-refractivity contribution in [2.75, 3.05) is 19.0 Å². The molecule has 1 heterocycles. The normalized spacial score (nSPS) is 11.7. The van der Waals surface area contributed by atoms with E-state index in [0.717, 1.165) is 10.9 Å². The van der Waals surface area contributed by atoms with Crippen LogP contribution in [-0.4, -0.2) is 30.2 Å². The largest absolute Gasteiger partial charge is 0.478 e. The average molecular weight is 272 g/mol. The molecule has 4 heteroatoms. The summed E-state index contributed by atoms with van der Waals surface area (Å²) in [5.74, 6) is -0.474. The molecule has 0 saturated carbocycles. The second kappa shape index (κ2) is 4.78. The van der Waals surface area contributed by atoms with Crippen molar-refractivity contribution in [2.24, 2.45) is 0 Å². The molecular formula is C16H20N2O2. The number of aromatic carboxylic acids is 1. The van der Waals surface area contributed by atoms with Crippen LogP contribution in [0.15, 0.2) is 24.3 Å². The Labute approximate surface area is 119 Å². The van der Waals surface area contributed by atoms with E-state index in [4.69, 9.17) is 0 Å². The van der Waals surface area contributed by atoms with Crippen LogP contribution < -0.4 is 4.90 Å². The van der Waals surface area contributed by atoms with E-state index < -0.39 is 5.97 Å². The molecule has 0 unspecified atom stereocenters. The Balaban J connectivity index is 2.72. The monoisotopic (exact) mass is 272 g/mol. The van der Waals surface area contributed by atoms with Gasteiger partial charge in [0.1, 0.15) is 11.4 Å². The first-order chi connectivity index (χ1) is 9.20. The standard InChI is InChI=1S/C16H20N2O2/c1-16(2,3)11-6-7-13-10(8-11)9-12(15(19)20)14(17-13)18(4)5/h6-9H,1-5H3,(H,19,20). The topological polar surface area (TPSA) is 53.4 Å². The smallest absolute Gasteiger partial charge is 0.339 e. The molecule has 0 fully saturated rings. The lowest BCUT2D eigenvalue weighted by Crippen LogP contribution is -2.16. The Bertz CT molecular complexity index is 670. The lowest BCUT2D eigenvalue weighted by atomic mass is 9.86. The minimum Gasteiger partial charge on any atom is -0.478 e. The van der Waals surface area contributed by atoms with Crippen molar-refractivity contribution < 1.29 is 9.90 Å². The molecule has 1 N–H and O–H groups in total. The zero-order chi connectivity index (χ0) is 15.1. The van der Waals surface area contributed by atoms with Crippen molar-refractivity contribution in [3.8, 4) is 0 Å². The van der Waals surface area contributed by atoms with Gasteiger partial charge in [0, 0.05) is 19.5 Å². The van der Waals surface area contributed by atoms with Gasteiger partial charge in [-0.25, -0.2) is 9.78 Å². The molecule has 2 rings (SSSR count). The maximum atomic E-state index is 11.4. The van der Waals surface area contributed by atoms with Crippen molar-refractivity contribution in [1.29, 1.82) is 0 Å². The van der Waals surface area contributed by atoms with E-state index in [1.54, 1.807) is 25.1 Å². The zero-order valence-electron chi connectivity index (χ0n) is 12.6. The number of benzene rings is 1. The summed E-state index contributed by atoms with van der Waals surface area (Å²) in [7, 11) is 3.59. The van der Waals surface area contributed by atoms with E-state index in [1.165, 1.54) is 5.56 Å². The summed E-state index contributed by atoms with van der Waals surface area (Å²) in [5, 5.41) is 10.2. The molecule has 0 spiro atoms. The van der Waals surface area contributed by atoms with Gasteiger partial charge in [0.15, 0.2) is 0 Å². The molecule has 0 aliphatic heterocycles. The molecule has 2 aromatic rings. The van der Waals surface area contributed by atoms with Crippen molar-refractivity contribution in [3.05, 3.63) is 35.4 Å². The van der Waals surface area contributed by atoms with Gasteiger partial charge in [0.05, 0.1) is 5.52 Å². The molecule has 20 heavy (non-hydrogen) atoms. The molecule has 1 aromatic carbocycles. The van der Waals surface area contributed by atoms with E-state index in [2.05, 4.69) is 31.8 Å². The number of aromatic nitrogens is 1. The maximum absolute atomic E-state index is 11.4. The highest BCUT2D eigenvalue weighted by Gasteiger charge is 2.17. The number of hydrogen-bond donors (Lipinski definition) is 1. The second-order valence-electron chi connectivity index (χ2n) is 6.22. The number of carbonyl (C=O) groups is 1. The number of rotatable bonds is 2. The third kappa shape index (κ3) is 2.59. The highest BCUT2D eigenvalue weighted by Crippen LogP contribution is 2.28. The van der Waals surface area contributed by atoms with E-state index >= 15 is 0 Å². The number of fused-ring (bicyclic) bond motifs is 1. The van der Waals surface area contributed by atoms with Gasteiger partial charge in [-0.05, 0) is 29.2 Å². The molecule has 1 aromatic heterocycles. The molecule has 0 radical (unpaired) electrons. The summed E-state index contributed by atoms with van der Waals surface area (Å²) >= 11 is 0. The van der Waals surface area contributed by atoms with Gasteiger partial charge in [-0.15, -0.1) is 0 Å². The lowest BCUT2D eigenvalue weighted by molar-refractivity contribution is 0.0697. The number of carboxylic acid groups (broad SMARTS) is 1. The SMILES string of the molecule is CN(C)c1nc2ccc(C(C)(C)C)cc2cc1C(=O)O. The van der Waals surface area contributed by atoms with Crippen molar-refractivity contribution in [1.82, 2.24) is 4.98 Å². The molecule has 0 aliphatic carbocycles. The van der Waals surface area contributed by atoms with Gasteiger partial charge < -0.3 is 10.0 Å². The molecule has 0 bridgehead atoms. The maximum Gasteiger partial charge on any atom is 0.339 e. The van der Waals surface area contributed by atoms with Crippen LogP contribution in [0.4, 0.5) is 5.82 Å². The molecular weight excluding hydrogens is 252 g/mol. The van der Waals surface area contributed by atoms with Gasteiger partial charge in [-0.2, -0.15) is 0 Å². The predicted molar refractivity (Wildman–Crippen MR) is 81.7 cm³/mol. The third-order valence-electron chi connectivity index (χ3n) is 3.31. The van der Waals surface area contributed by atoms with E-state index in [0.29, 0.717) is 5.82 Å². The van der Waals surface area contributed by atoms with Crippen LogP contribution in [0.25, 0.3) is 10.9 Å². The van der Waals surface area contributed by atoms with E-state index in [-0.39, 0.29) is 11.0 Å². The van der Waals surface area contributed by atoms with Crippen LogP contribution in [-0.2, 0) is 5.41 Å². The first-order valence-electron chi connectivity index (χ1n) is 6.56. The van der Waals surface area contributed by atoms with Crippen LogP contribution in [0.1, 0.15) is 36.7 Å². The number of pyridine rings is 1. The van der Waals surface area contributed by atoms with Gasteiger partial charge in [-0.1, -0.05) is 26.8 Å². The van der Waals surface area contributed by atoms with Crippen LogP contribution in [0.5, 0.6) is 0 Å². The number of carboxylic acids is 1. The quantitative estimate of drug-likeness (QED) is 0.911. The summed E-state index contributed by atoms with van der Waals surface area (Å²) in [6, 6.07) is 7.73. The third-order valence-corrected chi connectivity index (χ3v) is 3.31. The van der Waals surface area contributed by atoms with Gasteiger partial charge in [-0.3, -0.25) is 0 Å². The zero-order valence-corrected chi connectivity index (χ0v) is 12.6. The Morgan fingerprint density at radius 3 is 2.35 bits per heavy atom. The highest BCUT2D eigenvalue weighted by atomic mass is 16.4. The first kappa shape index (κ1) is 14.3. The van der Waals surface area contributed by atoms with Crippen LogP contribution in [0, 0.1) is 0 Å². The molecule has 106 valence electrons. The molecule has 0 aliphatic rings. The second-order valence-corrected chi connectivity index (χ2v) is 6.22. The van der Waals surface area contributed by atoms with Crippen molar-refractivity contribution in [3.63, 3.8) is 0 Å². The van der Waals surface area contributed by atoms with Gasteiger partial charge >= 0.3 is 5.97 Å². The summed E-state index contributed by atoms with van der Waals surface area (Å²) in [6.07, 6.45) is 0. The first-order valence-corrected chi connectivity index (χ1v) is 6.56. The number of anilines is 1. The molecule has 0 atom stereocenters. The number of nitrogens with zero attached hydrogens (tertiary/aromatic N) is 2. The summed E-state index contributed by atoms with van der Waals surface area (Å²) in [4.78, 5) is 17.6. The fourth-order valence-corrected chi connectivity index (χ4v) is 2.13. The Morgan fingerprint density at radius 1 is 1.20 bits per heavy atom. The van der Waals surface area contributed by atoms with Crippen LogP contribution in [0.3, 0.4) is 0 Å². The highest BCUT2D eigenvalue weighted by molar-refractivity contribution is 5.98. The Hall–Kier alpha value is -2.10. The van der Waals surface area contributed by atoms with Gasteiger partial charge in [0.25, 0.3) is 0 Å². The Morgan fingerprint density at radius 2 is 1.85 bits per heavy atom.